The van der Waals surface area contributed by atoms with Gasteiger partial charge in [-0.15, -0.1) is 23.1 Å². The molecule has 4 N–H and O–H groups in total. The second kappa shape index (κ2) is 12.6. The molecule has 14 heteroatoms. The van der Waals surface area contributed by atoms with Crippen LogP contribution in [-0.2, 0) is 28.7 Å². The quantitative estimate of drug-likeness (QED) is 0.0988. The maximum atomic E-state index is 13.2. The number of thiazole rings is 1. The van der Waals surface area contributed by atoms with E-state index in [1.807, 2.05) is 0 Å². The van der Waals surface area contributed by atoms with Crippen LogP contribution in [0.5, 0.6) is 0 Å². The number of aromatic nitrogens is 1. The molecule has 0 aromatic carbocycles. The molecule has 1 aliphatic carbocycles. The van der Waals surface area contributed by atoms with Crippen molar-refractivity contribution in [3.63, 3.8) is 0 Å². The van der Waals surface area contributed by atoms with Crippen LogP contribution in [-0.4, -0.2) is 68.0 Å². The summed E-state index contributed by atoms with van der Waals surface area (Å²) in [6, 6.07) is -0.976. The highest BCUT2D eigenvalue weighted by atomic mass is 32.2. The molecule has 39 heavy (non-hydrogen) atoms. The van der Waals surface area contributed by atoms with Gasteiger partial charge in [0.1, 0.15) is 22.8 Å². The first-order valence-corrected chi connectivity index (χ1v) is 14.6. The van der Waals surface area contributed by atoms with E-state index in [1.165, 1.54) is 35.4 Å². The first kappa shape index (κ1) is 28.6. The number of fused-ring (bicyclic) bond motifs is 1. The molecule has 0 radical (unpaired) electrons. The van der Waals surface area contributed by atoms with Crippen molar-refractivity contribution < 1.29 is 33.9 Å². The third-order valence-electron chi connectivity index (χ3n) is 6.68. The summed E-state index contributed by atoms with van der Waals surface area (Å²) in [7, 11) is 0. The summed E-state index contributed by atoms with van der Waals surface area (Å²) >= 11 is 2.42. The van der Waals surface area contributed by atoms with Crippen molar-refractivity contribution in [2.75, 3.05) is 11.5 Å². The van der Waals surface area contributed by atoms with E-state index < -0.39 is 41.5 Å². The Kier molecular flexibility index (Phi) is 9.28. The fraction of sp³-hybridized carbons (Fsp3) is 0.520. The highest BCUT2D eigenvalue weighted by Crippen LogP contribution is 2.41. The van der Waals surface area contributed by atoms with E-state index >= 15 is 0 Å². The van der Waals surface area contributed by atoms with Gasteiger partial charge in [0.05, 0.1) is 0 Å². The van der Waals surface area contributed by atoms with Gasteiger partial charge >= 0.3 is 11.9 Å². The number of thioether (sulfide) groups is 1. The molecule has 1 aromatic heterocycles. The zero-order valence-corrected chi connectivity index (χ0v) is 23.3. The Hall–Kier alpha value is -3.39. The normalized spacial score (nSPS) is 22.8. The third-order valence-corrected chi connectivity index (χ3v) is 8.65. The summed E-state index contributed by atoms with van der Waals surface area (Å²) in [6.07, 6.45) is 7.95. The number of carbonyl (C=O) groups is 4. The van der Waals surface area contributed by atoms with Crippen molar-refractivity contribution in [2.24, 2.45) is 11.1 Å². The molecule has 2 fully saturated rings. The lowest BCUT2D eigenvalue weighted by Crippen LogP contribution is -2.71. The maximum Gasteiger partial charge on any atom is 0.358 e. The molecule has 1 aromatic rings. The third kappa shape index (κ3) is 6.44. The SMILES string of the molecule is C/C=C\C1=C(C(=O)OC(C)OC(=O)CC2CCCCC2)N2C(=O)C(NC(=O)/C(=N\O)c3csc(N)n3)[C@H]2SC1. The summed E-state index contributed by atoms with van der Waals surface area (Å²) in [4.78, 5) is 56.7. The molecule has 0 spiro atoms. The minimum Gasteiger partial charge on any atom is -0.425 e. The Balaban J connectivity index is 1.41. The molecule has 2 aliphatic heterocycles. The largest absolute Gasteiger partial charge is 0.425 e. The van der Waals surface area contributed by atoms with Gasteiger partial charge < -0.3 is 25.7 Å². The van der Waals surface area contributed by atoms with Crippen LogP contribution in [0.15, 0.2) is 34.0 Å². The molecule has 210 valence electrons. The lowest BCUT2D eigenvalue weighted by atomic mass is 9.87. The summed E-state index contributed by atoms with van der Waals surface area (Å²) < 4.78 is 10.8. The molecular formula is C25H31N5O7S2. The molecule has 1 saturated carbocycles. The van der Waals surface area contributed by atoms with Crippen molar-refractivity contribution in [1.29, 1.82) is 0 Å². The molecule has 4 rings (SSSR count). The van der Waals surface area contributed by atoms with Crippen molar-refractivity contribution in [3.05, 3.63) is 34.5 Å². The van der Waals surface area contributed by atoms with Crippen LogP contribution in [0.25, 0.3) is 0 Å². The van der Waals surface area contributed by atoms with E-state index in [0.717, 1.165) is 37.0 Å². The van der Waals surface area contributed by atoms with Gasteiger partial charge in [-0.25, -0.2) is 9.78 Å². The number of nitrogen functional groups attached to an aromatic ring is 1. The molecule has 12 nitrogen and oxygen atoms in total. The van der Waals surface area contributed by atoms with Crippen molar-refractivity contribution in [2.45, 2.75) is 70.1 Å². The van der Waals surface area contributed by atoms with E-state index in [1.54, 1.807) is 19.1 Å². The Morgan fingerprint density at radius 3 is 2.69 bits per heavy atom. The van der Waals surface area contributed by atoms with Crippen molar-refractivity contribution >= 4 is 57.7 Å². The van der Waals surface area contributed by atoms with Gasteiger partial charge in [-0.05, 0) is 31.3 Å². The van der Waals surface area contributed by atoms with E-state index in [0.29, 0.717) is 11.3 Å². The minimum atomic E-state index is -1.14. The first-order chi connectivity index (χ1) is 18.7. The van der Waals surface area contributed by atoms with E-state index in [4.69, 9.17) is 15.2 Å². The topological polar surface area (TPSA) is 174 Å². The highest BCUT2D eigenvalue weighted by Gasteiger charge is 2.54. The number of rotatable bonds is 9. The number of amides is 2. The van der Waals surface area contributed by atoms with Crippen LogP contribution in [0.3, 0.4) is 0 Å². The number of hydrogen-bond donors (Lipinski definition) is 3. The fourth-order valence-corrected chi connectivity index (χ4v) is 6.74. The lowest BCUT2D eigenvalue weighted by Gasteiger charge is -2.49. The number of nitrogens with two attached hydrogens (primary N) is 1. The lowest BCUT2D eigenvalue weighted by molar-refractivity contribution is -0.184. The second-order valence-electron chi connectivity index (χ2n) is 9.43. The standard InChI is InChI=1S/C25H31N5O7S2/c1-3-7-15-11-38-23-19(28-21(32)18(29-35)16-12-39-25(26)27-16)22(33)30(23)20(15)24(34)37-13(2)36-17(31)10-14-8-5-4-6-9-14/h3,7,12-14,19,23,35H,4-6,8-11H2,1-2H3,(H2,26,27)(H,28,32)/b7-3-,29-18-/t13?,19?,23-/m1/s1. The van der Waals surface area contributed by atoms with Crippen LogP contribution in [0, 0.1) is 5.92 Å². The van der Waals surface area contributed by atoms with Gasteiger partial charge in [-0.1, -0.05) is 36.6 Å². The summed E-state index contributed by atoms with van der Waals surface area (Å²) in [5.41, 5.74) is 5.88. The van der Waals surface area contributed by atoms with Gasteiger partial charge in [0, 0.05) is 24.5 Å². The van der Waals surface area contributed by atoms with Crippen molar-refractivity contribution in [1.82, 2.24) is 15.2 Å². The molecule has 3 atom stereocenters. The predicted octanol–water partition coefficient (Wildman–Crippen LogP) is 2.54. The minimum absolute atomic E-state index is 0.0332. The molecule has 0 bridgehead atoms. The van der Waals surface area contributed by atoms with Gasteiger partial charge in [0.25, 0.3) is 11.8 Å². The number of ether oxygens (including phenoxy) is 2. The van der Waals surface area contributed by atoms with Gasteiger partial charge in [-0.3, -0.25) is 19.3 Å². The summed E-state index contributed by atoms with van der Waals surface area (Å²) in [5.74, 6) is -1.93. The average Bonchev–Trinajstić information content (AvgIpc) is 3.33. The average molecular weight is 578 g/mol. The summed E-state index contributed by atoms with van der Waals surface area (Å²) in [5, 5.41) is 16.0. The molecule has 3 heterocycles. The van der Waals surface area contributed by atoms with Gasteiger partial charge in [-0.2, -0.15) is 0 Å². The zero-order chi connectivity index (χ0) is 28.1. The van der Waals surface area contributed by atoms with Gasteiger partial charge in [0.2, 0.25) is 6.29 Å². The number of carbonyl (C=O) groups excluding carboxylic acids is 4. The molecule has 1 saturated heterocycles. The van der Waals surface area contributed by atoms with E-state index in [-0.39, 0.29) is 34.6 Å². The molecule has 2 unspecified atom stereocenters. The number of anilines is 1. The second-order valence-corrected chi connectivity index (χ2v) is 11.4. The monoisotopic (exact) mass is 577 g/mol. The van der Waals surface area contributed by atoms with Crippen LogP contribution in [0.1, 0.15) is 58.1 Å². The Morgan fingerprint density at radius 1 is 1.31 bits per heavy atom. The van der Waals surface area contributed by atoms with E-state index in [2.05, 4.69) is 15.5 Å². The predicted molar refractivity (Wildman–Crippen MR) is 145 cm³/mol. The maximum absolute atomic E-state index is 13.2. The van der Waals surface area contributed by atoms with Crippen LogP contribution in [0.4, 0.5) is 5.13 Å². The molecular weight excluding hydrogens is 546 g/mol. The number of hydrogen-bond acceptors (Lipinski definition) is 12. The molecule has 3 aliphatic rings. The number of β-lactam (4-membered cyclic amide) rings is 1. The number of esters is 2. The fourth-order valence-electron chi connectivity index (χ4n) is 4.87. The van der Waals surface area contributed by atoms with Crippen LogP contribution < -0.4 is 11.1 Å². The van der Waals surface area contributed by atoms with E-state index in [9.17, 15) is 24.4 Å². The number of nitrogens with one attached hydrogen (secondary N) is 1. The Bertz CT molecular complexity index is 1220. The Labute approximate surface area is 233 Å². The van der Waals surface area contributed by atoms with Crippen LogP contribution >= 0.6 is 23.1 Å². The number of nitrogens with zero attached hydrogens (tertiary/aromatic N) is 3. The zero-order valence-electron chi connectivity index (χ0n) is 21.6. The highest BCUT2D eigenvalue weighted by molar-refractivity contribution is 8.00. The molecule has 2 amide bonds. The number of allylic oxidation sites excluding steroid dienone is 2. The Morgan fingerprint density at radius 2 is 2.05 bits per heavy atom. The smallest absolute Gasteiger partial charge is 0.358 e. The van der Waals surface area contributed by atoms with Gasteiger partial charge in [0.15, 0.2) is 10.8 Å². The van der Waals surface area contributed by atoms with Crippen molar-refractivity contribution in [3.8, 4) is 0 Å². The first-order valence-electron chi connectivity index (χ1n) is 12.7. The number of oxime groups is 1. The van der Waals surface area contributed by atoms with Crippen LogP contribution in [0.2, 0.25) is 0 Å². The summed E-state index contributed by atoms with van der Waals surface area (Å²) in [6.45, 7) is 3.24.